The van der Waals surface area contributed by atoms with E-state index in [4.69, 9.17) is 14.5 Å². The Bertz CT molecular complexity index is 2770. The molecule has 1 unspecified atom stereocenters. The number of ether oxygens (including phenoxy) is 2. The van der Waals surface area contributed by atoms with E-state index in [1.165, 1.54) is 29.2 Å². The van der Waals surface area contributed by atoms with E-state index in [0.29, 0.717) is 49.2 Å². The number of pyridine rings is 2. The van der Waals surface area contributed by atoms with Crippen molar-refractivity contribution in [3.05, 3.63) is 95.6 Å². The molecule has 3 aromatic heterocycles. The highest BCUT2D eigenvalue weighted by molar-refractivity contribution is 5.99. The Hall–Kier alpha value is -6.69. The molecule has 5 N–H and O–H groups in total. The Kier molecular flexibility index (Phi) is 14.2. The van der Waals surface area contributed by atoms with E-state index in [2.05, 4.69) is 69.9 Å². The highest BCUT2D eigenvalue weighted by Gasteiger charge is 2.38. The van der Waals surface area contributed by atoms with E-state index < -0.39 is 53.1 Å². The van der Waals surface area contributed by atoms with Gasteiger partial charge in [0.15, 0.2) is 0 Å². The lowest BCUT2D eigenvalue weighted by Gasteiger charge is -2.36. The van der Waals surface area contributed by atoms with Gasteiger partial charge in [0.1, 0.15) is 29.6 Å². The molecule has 5 atom stereocenters. The first-order valence-electron chi connectivity index (χ1n) is 23.7. The summed E-state index contributed by atoms with van der Waals surface area (Å²) in [5, 5.41) is 22.4. The van der Waals surface area contributed by atoms with Crippen molar-refractivity contribution in [2.75, 3.05) is 39.2 Å². The molecule has 0 spiro atoms. The number of cyclic esters (lactones) is 1. The predicted molar refractivity (Wildman–Crippen MR) is 261 cm³/mol. The average Bonchev–Trinajstić information content (AvgIpc) is 4.15. The van der Waals surface area contributed by atoms with Crippen LogP contribution in [0.1, 0.15) is 87.8 Å². The van der Waals surface area contributed by atoms with Crippen LogP contribution in [0.2, 0.25) is 0 Å². The number of hydrazine groups is 1. The number of hydrogen-bond donors (Lipinski definition) is 5. The molecule has 3 aliphatic heterocycles. The molecule has 17 nitrogen and oxygen atoms in total. The number of hydrogen-bond acceptors (Lipinski definition) is 12. The molecule has 2 fully saturated rings. The van der Waals surface area contributed by atoms with Crippen molar-refractivity contribution in [1.29, 1.82) is 0 Å². The maximum atomic E-state index is 14.7. The number of phenolic OH excluding ortho intramolecular Hbond substituents is 1. The van der Waals surface area contributed by atoms with E-state index >= 15 is 0 Å². The van der Waals surface area contributed by atoms with E-state index in [-0.39, 0.29) is 49.1 Å². The number of nitrogens with zero attached hydrogens (tertiary/aromatic N) is 5. The first-order valence-corrected chi connectivity index (χ1v) is 23.7. The second kappa shape index (κ2) is 20.1. The fourth-order valence-corrected chi connectivity index (χ4v) is 9.62. The Morgan fingerprint density at radius 3 is 2.52 bits per heavy atom. The van der Waals surface area contributed by atoms with Crippen molar-refractivity contribution < 1.29 is 38.6 Å². The summed E-state index contributed by atoms with van der Waals surface area (Å²) in [6, 6.07) is 15.1. The molecule has 364 valence electrons. The van der Waals surface area contributed by atoms with Crippen LogP contribution in [-0.4, -0.2) is 117 Å². The average molecular weight is 942 g/mol. The summed E-state index contributed by atoms with van der Waals surface area (Å²) in [5.74, 6) is -2.73. The molecule has 2 aromatic carbocycles. The molecule has 2 saturated heterocycles. The Labute approximate surface area is 402 Å². The second-order valence-electron chi connectivity index (χ2n) is 19.5. The number of aryl methyl sites for hydroxylation is 1. The molecular formula is C52H63N9O8. The topological polar surface area (TPSA) is 219 Å². The summed E-state index contributed by atoms with van der Waals surface area (Å²) in [5.41, 5.74) is 9.93. The van der Waals surface area contributed by atoms with Crippen LogP contribution in [0.5, 0.6) is 5.75 Å². The summed E-state index contributed by atoms with van der Waals surface area (Å²) in [7, 11) is 3.18. The van der Waals surface area contributed by atoms with Crippen LogP contribution in [0.4, 0.5) is 5.69 Å². The standard InChI is InChI=1S/C52H63N9O8/c1-9-60-43-17-14-32-24-37(43)38(46(60)36-12-10-18-53-44(36)30(4)68-8)25-52(5,6)28-69-51(67)40-13-11-19-61(58-40)50(66)41(22-31-20-33(32)23-35(62)21-31)57-48(64)45(29(2)3)59(7)49(65)39-16-15-34(26-54-39)56-47(63)42-27-55-42/h10,12,14-18,20-21,23-24,26,29-30,40-42,45,55,58,62H,9,11,13,19,22,25,27-28H2,1-8H3,(H,56,63)(H,57,64)/t30-,40-,41-,42-,45?/m0/s1. The maximum absolute atomic E-state index is 14.7. The lowest BCUT2D eigenvalue weighted by atomic mass is 9.84. The van der Waals surface area contributed by atoms with E-state index in [0.717, 1.165) is 39.0 Å². The van der Waals surface area contributed by atoms with Crippen molar-refractivity contribution in [3.63, 3.8) is 0 Å². The largest absolute Gasteiger partial charge is 0.508 e. The monoisotopic (exact) mass is 941 g/mol. The molecule has 69 heavy (non-hydrogen) atoms. The molecule has 0 saturated carbocycles. The van der Waals surface area contributed by atoms with Gasteiger partial charge >= 0.3 is 5.97 Å². The smallest absolute Gasteiger partial charge is 0.324 e. The quantitative estimate of drug-likeness (QED) is 0.0813. The van der Waals surface area contributed by atoms with Crippen molar-refractivity contribution in [1.82, 2.24) is 40.5 Å². The zero-order chi connectivity index (χ0) is 49.3. The number of carbonyl (C=O) groups is 5. The number of carbonyl (C=O) groups excluding carboxylic acids is 5. The predicted octanol–water partition coefficient (Wildman–Crippen LogP) is 5.55. The Balaban J connectivity index is 1.17. The van der Waals surface area contributed by atoms with Crippen molar-refractivity contribution in [3.8, 4) is 28.1 Å². The summed E-state index contributed by atoms with van der Waals surface area (Å²) in [6.45, 7) is 13.4. The third-order valence-electron chi connectivity index (χ3n) is 13.3. The molecule has 5 aromatic rings. The van der Waals surface area contributed by atoms with Gasteiger partial charge in [-0.1, -0.05) is 39.8 Å². The van der Waals surface area contributed by atoms with Gasteiger partial charge in [-0.15, -0.1) is 0 Å². The van der Waals surface area contributed by atoms with Crippen LogP contribution in [-0.2, 0) is 48.0 Å². The number of methoxy groups -OCH3 is 1. The molecular weight excluding hydrogens is 879 g/mol. The zero-order valence-corrected chi connectivity index (χ0v) is 40.6. The van der Waals surface area contributed by atoms with Gasteiger partial charge in [0.05, 0.1) is 42.0 Å². The van der Waals surface area contributed by atoms with Gasteiger partial charge in [0.25, 0.3) is 11.8 Å². The fourth-order valence-electron chi connectivity index (χ4n) is 9.62. The fraction of sp³-hybridized carbons (Fsp3) is 0.442. The van der Waals surface area contributed by atoms with E-state index in [1.54, 1.807) is 45.4 Å². The first kappa shape index (κ1) is 48.8. The van der Waals surface area contributed by atoms with Crippen LogP contribution < -0.4 is 21.4 Å². The van der Waals surface area contributed by atoms with Crippen LogP contribution >= 0.6 is 0 Å². The lowest BCUT2D eigenvalue weighted by Crippen LogP contribution is -2.62. The Morgan fingerprint density at radius 1 is 1.04 bits per heavy atom. The molecule has 0 radical (unpaired) electrons. The van der Waals surface area contributed by atoms with Gasteiger partial charge in [0.2, 0.25) is 11.8 Å². The number of fused-ring (bicyclic) bond motifs is 6. The zero-order valence-electron chi connectivity index (χ0n) is 40.6. The highest BCUT2D eigenvalue weighted by atomic mass is 16.5. The van der Waals surface area contributed by atoms with Gasteiger partial charge < -0.3 is 40.0 Å². The summed E-state index contributed by atoms with van der Waals surface area (Å²) < 4.78 is 14.2. The molecule has 8 rings (SSSR count). The highest BCUT2D eigenvalue weighted by Crippen LogP contribution is 2.42. The SMILES string of the molecule is CCn1c(-c2cccnc2[C@H](C)OC)c2c3cc(ccc31)-c1cc(O)cc(c1)C[C@H](NC(=O)C(C(C)C)N(C)C(=O)c1ccc(NC(=O)[C@@H]3CN3)cn1)C(=O)N1CCC[C@H](N1)C(=O)OCC(C)(C)C2. The minimum Gasteiger partial charge on any atom is -0.508 e. The molecule has 6 heterocycles. The van der Waals surface area contributed by atoms with Crippen LogP contribution in [0.3, 0.4) is 0 Å². The number of likely N-dealkylation sites (N-methyl/N-ethyl adjacent to an activating group) is 1. The van der Waals surface area contributed by atoms with Gasteiger partial charge in [-0.3, -0.25) is 34.0 Å². The first-order chi connectivity index (χ1) is 33.0. The number of aromatic nitrogens is 3. The van der Waals surface area contributed by atoms with E-state index in [9.17, 15) is 29.1 Å². The van der Waals surface area contributed by atoms with Gasteiger partial charge in [-0.2, -0.15) is 0 Å². The van der Waals surface area contributed by atoms with Gasteiger partial charge in [-0.25, -0.2) is 10.4 Å². The summed E-state index contributed by atoms with van der Waals surface area (Å²) in [4.78, 5) is 79.8. The van der Waals surface area contributed by atoms with Gasteiger partial charge in [0, 0.05) is 68.3 Å². The molecule has 4 amide bonds. The number of anilines is 1. The molecule has 3 aliphatic rings. The normalized spacial score (nSPS) is 20.1. The van der Waals surface area contributed by atoms with Crippen molar-refractivity contribution >= 4 is 46.2 Å². The summed E-state index contributed by atoms with van der Waals surface area (Å²) in [6.07, 6.45) is 4.29. The second-order valence-corrected chi connectivity index (χ2v) is 19.5. The molecule has 17 heteroatoms. The Morgan fingerprint density at radius 2 is 1.83 bits per heavy atom. The third-order valence-corrected chi connectivity index (χ3v) is 13.3. The molecule has 6 bridgehead atoms. The number of benzene rings is 2. The van der Waals surface area contributed by atoms with Crippen LogP contribution in [0.15, 0.2) is 73.1 Å². The van der Waals surface area contributed by atoms with Crippen molar-refractivity contribution in [2.45, 2.75) is 104 Å². The minimum absolute atomic E-state index is 0.0251. The van der Waals surface area contributed by atoms with Crippen molar-refractivity contribution in [2.24, 2.45) is 11.3 Å². The van der Waals surface area contributed by atoms with Crippen LogP contribution in [0.25, 0.3) is 33.3 Å². The van der Waals surface area contributed by atoms with Gasteiger partial charge in [-0.05, 0) is 110 Å². The third kappa shape index (κ3) is 10.5. The van der Waals surface area contributed by atoms with Crippen LogP contribution in [0, 0.1) is 11.3 Å². The number of amides is 4. The lowest BCUT2D eigenvalue weighted by molar-refractivity contribution is -0.155. The number of aromatic hydroxyl groups is 1. The summed E-state index contributed by atoms with van der Waals surface area (Å²) >= 11 is 0. The minimum atomic E-state index is -1.20. The number of nitrogens with one attached hydrogen (secondary N) is 4. The number of rotatable bonds is 11. The molecule has 0 aliphatic carbocycles. The number of phenols is 1. The number of esters is 1. The van der Waals surface area contributed by atoms with E-state index in [1.807, 2.05) is 25.1 Å². The maximum Gasteiger partial charge on any atom is 0.324 e.